The SMILES string of the molecule is CN1C=C/C(=C/C=C(/C#N)c2ccnc3ccccc23)c2ccccc21. The quantitative estimate of drug-likeness (QED) is 0.605. The van der Waals surface area contributed by atoms with Crippen LogP contribution in [0.5, 0.6) is 0 Å². The summed E-state index contributed by atoms with van der Waals surface area (Å²) in [6.07, 6.45) is 9.76. The molecule has 3 heteroatoms. The number of aromatic nitrogens is 1. The van der Waals surface area contributed by atoms with Crippen LogP contribution in [0, 0.1) is 11.3 Å². The van der Waals surface area contributed by atoms with Crippen LogP contribution >= 0.6 is 0 Å². The molecule has 0 aliphatic carbocycles. The van der Waals surface area contributed by atoms with Crippen molar-refractivity contribution in [2.45, 2.75) is 0 Å². The predicted octanol–water partition coefficient (Wildman–Crippen LogP) is 5.19. The Labute approximate surface area is 152 Å². The molecule has 1 aromatic heterocycles. The van der Waals surface area contributed by atoms with Crippen molar-refractivity contribution < 1.29 is 0 Å². The van der Waals surface area contributed by atoms with Gasteiger partial charge in [-0.25, -0.2) is 0 Å². The van der Waals surface area contributed by atoms with Gasteiger partial charge in [0.15, 0.2) is 0 Å². The Bertz CT molecular complexity index is 1110. The number of anilines is 1. The highest BCUT2D eigenvalue weighted by Crippen LogP contribution is 2.32. The van der Waals surface area contributed by atoms with Gasteiger partial charge in [-0.3, -0.25) is 4.98 Å². The van der Waals surface area contributed by atoms with Crippen LogP contribution in [0.15, 0.2) is 85.2 Å². The van der Waals surface area contributed by atoms with Crippen molar-refractivity contribution in [1.82, 2.24) is 4.98 Å². The van der Waals surface area contributed by atoms with E-state index in [0.717, 1.165) is 33.3 Å². The fraction of sp³-hybridized carbons (Fsp3) is 0.0435. The zero-order valence-electron chi connectivity index (χ0n) is 14.4. The lowest BCUT2D eigenvalue weighted by Gasteiger charge is -2.23. The second-order valence-corrected chi connectivity index (χ2v) is 6.13. The molecule has 1 aliphatic rings. The number of benzene rings is 2. The molecule has 1 aliphatic heterocycles. The number of rotatable bonds is 2. The molecule has 0 atom stereocenters. The molecule has 2 aromatic carbocycles. The molecule has 0 fully saturated rings. The van der Waals surface area contributed by atoms with Gasteiger partial charge < -0.3 is 4.90 Å². The van der Waals surface area contributed by atoms with Gasteiger partial charge in [0.2, 0.25) is 0 Å². The van der Waals surface area contributed by atoms with Crippen LogP contribution in [-0.2, 0) is 0 Å². The summed E-state index contributed by atoms with van der Waals surface area (Å²) in [6.45, 7) is 0. The van der Waals surface area contributed by atoms with Crippen LogP contribution in [0.2, 0.25) is 0 Å². The zero-order valence-corrected chi connectivity index (χ0v) is 14.4. The highest BCUT2D eigenvalue weighted by Gasteiger charge is 2.12. The number of pyridine rings is 1. The molecule has 3 aromatic rings. The third-order valence-corrected chi connectivity index (χ3v) is 4.56. The van der Waals surface area contributed by atoms with Crippen LogP contribution < -0.4 is 4.90 Å². The molecular weight excluding hydrogens is 318 g/mol. The Morgan fingerprint density at radius 2 is 1.88 bits per heavy atom. The summed E-state index contributed by atoms with van der Waals surface area (Å²) in [5.74, 6) is 0. The van der Waals surface area contributed by atoms with E-state index in [0.29, 0.717) is 5.57 Å². The molecular formula is C23H17N3. The number of fused-ring (bicyclic) bond motifs is 2. The highest BCUT2D eigenvalue weighted by molar-refractivity contribution is 5.96. The smallest absolute Gasteiger partial charge is 0.0998 e. The van der Waals surface area contributed by atoms with Crippen molar-refractivity contribution in [3.8, 4) is 6.07 Å². The average Bonchev–Trinajstić information content (AvgIpc) is 2.70. The van der Waals surface area contributed by atoms with Gasteiger partial charge in [0.25, 0.3) is 0 Å². The summed E-state index contributed by atoms with van der Waals surface area (Å²) in [4.78, 5) is 6.47. The number of hydrogen-bond donors (Lipinski definition) is 0. The Kier molecular flexibility index (Phi) is 4.09. The van der Waals surface area contributed by atoms with Crippen LogP contribution in [0.25, 0.3) is 22.0 Å². The van der Waals surface area contributed by atoms with Gasteiger partial charge in [0, 0.05) is 41.6 Å². The standard InChI is InChI=1S/C23H17N3/c1-26-15-13-17(20-6-3-5-9-23(20)26)10-11-18(16-24)19-12-14-25-22-8-4-2-7-21(19)22/h2-15H,1H3/b17-10-,18-11-. The van der Waals surface area contributed by atoms with Gasteiger partial charge in [0.05, 0.1) is 17.2 Å². The summed E-state index contributed by atoms with van der Waals surface area (Å²) in [5.41, 5.74) is 5.82. The van der Waals surface area contributed by atoms with Crippen molar-refractivity contribution in [2.24, 2.45) is 0 Å². The Morgan fingerprint density at radius 3 is 2.77 bits per heavy atom. The number of hydrogen-bond acceptors (Lipinski definition) is 3. The Morgan fingerprint density at radius 1 is 1.08 bits per heavy atom. The molecule has 0 amide bonds. The monoisotopic (exact) mass is 335 g/mol. The number of nitrogens with zero attached hydrogens (tertiary/aromatic N) is 3. The third kappa shape index (κ3) is 2.78. The van der Waals surface area contributed by atoms with Gasteiger partial charge >= 0.3 is 0 Å². The fourth-order valence-corrected chi connectivity index (χ4v) is 3.22. The molecule has 0 unspecified atom stereocenters. The molecule has 124 valence electrons. The van der Waals surface area contributed by atoms with Crippen LogP contribution in [0.3, 0.4) is 0 Å². The second kappa shape index (κ2) is 6.70. The third-order valence-electron chi connectivity index (χ3n) is 4.56. The lowest BCUT2D eigenvalue weighted by atomic mass is 9.98. The van der Waals surface area contributed by atoms with E-state index < -0.39 is 0 Å². The normalized spacial score (nSPS) is 15.2. The van der Waals surface area contributed by atoms with Crippen molar-refractivity contribution >= 4 is 27.7 Å². The Hall–Kier alpha value is -3.64. The number of para-hydroxylation sites is 2. The topological polar surface area (TPSA) is 39.9 Å². The van der Waals surface area contributed by atoms with E-state index in [9.17, 15) is 5.26 Å². The van der Waals surface area contributed by atoms with Crippen LogP contribution in [-0.4, -0.2) is 12.0 Å². The van der Waals surface area contributed by atoms with Gasteiger partial charge in [0.1, 0.15) is 0 Å². The highest BCUT2D eigenvalue weighted by atomic mass is 15.1. The number of allylic oxidation sites excluding steroid dienone is 5. The fourth-order valence-electron chi connectivity index (χ4n) is 3.22. The molecule has 26 heavy (non-hydrogen) atoms. The summed E-state index contributed by atoms with van der Waals surface area (Å²) < 4.78 is 0. The summed E-state index contributed by atoms with van der Waals surface area (Å²) >= 11 is 0. The van der Waals surface area contributed by atoms with Gasteiger partial charge in [-0.2, -0.15) is 5.26 Å². The maximum absolute atomic E-state index is 9.71. The molecule has 3 nitrogen and oxygen atoms in total. The van der Waals surface area contributed by atoms with E-state index in [1.54, 1.807) is 6.20 Å². The van der Waals surface area contributed by atoms with E-state index in [1.807, 2.05) is 67.9 Å². The first-order valence-electron chi connectivity index (χ1n) is 8.44. The number of nitriles is 1. The molecule has 0 radical (unpaired) electrons. The van der Waals surface area contributed by atoms with Crippen LogP contribution in [0.4, 0.5) is 5.69 Å². The largest absolute Gasteiger partial charge is 0.351 e. The maximum atomic E-state index is 9.71. The lowest BCUT2D eigenvalue weighted by molar-refractivity contribution is 1.18. The van der Waals surface area contributed by atoms with E-state index >= 15 is 0 Å². The van der Waals surface area contributed by atoms with E-state index in [1.165, 1.54) is 0 Å². The molecule has 0 N–H and O–H groups in total. The van der Waals surface area contributed by atoms with Gasteiger partial charge in [-0.05, 0) is 35.9 Å². The predicted molar refractivity (Wildman–Crippen MR) is 107 cm³/mol. The van der Waals surface area contributed by atoms with Gasteiger partial charge in [-0.15, -0.1) is 0 Å². The second-order valence-electron chi connectivity index (χ2n) is 6.13. The molecule has 0 bridgehead atoms. The van der Waals surface area contributed by atoms with Crippen molar-refractivity contribution in [3.63, 3.8) is 0 Å². The first kappa shape index (κ1) is 15.9. The zero-order chi connectivity index (χ0) is 17.9. The summed E-state index contributed by atoms with van der Waals surface area (Å²) in [6, 6.07) is 20.4. The average molecular weight is 335 g/mol. The Balaban J connectivity index is 1.81. The minimum atomic E-state index is 0.626. The van der Waals surface area contributed by atoms with Crippen molar-refractivity contribution in [2.75, 3.05) is 11.9 Å². The van der Waals surface area contributed by atoms with Crippen LogP contribution in [0.1, 0.15) is 11.1 Å². The first-order chi connectivity index (χ1) is 12.8. The molecule has 0 saturated carbocycles. The van der Waals surface area contributed by atoms with E-state index in [-0.39, 0.29) is 0 Å². The van der Waals surface area contributed by atoms with E-state index in [2.05, 4.69) is 34.2 Å². The minimum Gasteiger partial charge on any atom is -0.351 e. The van der Waals surface area contributed by atoms with Crippen molar-refractivity contribution in [3.05, 3.63) is 96.3 Å². The molecule has 0 spiro atoms. The minimum absolute atomic E-state index is 0.626. The van der Waals surface area contributed by atoms with Gasteiger partial charge in [-0.1, -0.05) is 42.5 Å². The molecule has 2 heterocycles. The summed E-state index contributed by atoms with van der Waals surface area (Å²) in [5, 5.41) is 10.7. The first-order valence-corrected chi connectivity index (χ1v) is 8.44. The lowest BCUT2D eigenvalue weighted by Crippen LogP contribution is -2.13. The maximum Gasteiger partial charge on any atom is 0.0998 e. The van der Waals surface area contributed by atoms with E-state index in [4.69, 9.17) is 0 Å². The summed E-state index contributed by atoms with van der Waals surface area (Å²) in [7, 11) is 2.03. The molecule has 4 rings (SSSR count). The van der Waals surface area contributed by atoms with Crippen molar-refractivity contribution in [1.29, 1.82) is 5.26 Å². The molecule has 0 saturated heterocycles.